The van der Waals surface area contributed by atoms with Crippen molar-refractivity contribution in [1.82, 2.24) is 15.0 Å². The molecule has 1 unspecified atom stereocenters. The lowest BCUT2D eigenvalue weighted by Gasteiger charge is -2.15. The Morgan fingerprint density at radius 1 is 0.826 bits per heavy atom. The van der Waals surface area contributed by atoms with Crippen molar-refractivity contribution in [3.63, 3.8) is 0 Å². The molecule has 0 aliphatic carbocycles. The third-order valence-electron chi connectivity index (χ3n) is 3.24. The van der Waals surface area contributed by atoms with Gasteiger partial charge in [0.15, 0.2) is 5.82 Å². The second-order valence-electron chi connectivity index (χ2n) is 5.10. The molecule has 6 nitrogen and oxygen atoms in total. The molecule has 116 valence electrons. The summed E-state index contributed by atoms with van der Waals surface area (Å²) >= 11 is 0. The molecule has 0 spiro atoms. The van der Waals surface area contributed by atoms with Gasteiger partial charge in [-0.2, -0.15) is 15.0 Å². The summed E-state index contributed by atoms with van der Waals surface area (Å²) in [7, 11) is 0. The molecule has 1 heterocycles. The van der Waals surface area contributed by atoms with E-state index in [1.807, 2.05) is 67.6 Å². The molecule has 1 atom stereocenters. The van der Waals surface area contributed by atoms with Gasteiger partial charge in [-0.3, -0.25) is 0 Å². The van der Waals surface area contributed by atoms with E-state index in [0.717, 1.165) is 11.4 Å². The van der Waals surface area contributed by atoms with Crippen molar-refractivity contribution in [2.24, 2.45) is 0 Å². The molecule has 2 aromatic carbocycles. The Morgan fingerprint density at radius 2 is 1.43 bits per heavy atom. The van der Waals surface area contributed by atoms with Crippen LogP contribution >= 0.6 is 0 Å². The lowest BCUT2D eigenvalue weighted by molar-refractivity contribution is 0.781. The van der Waals surface area contributed by atoms with Crippen LogP contribution in [-0.4, -0.2) is 15.0 Å². The van der Waals surface area contributed by atoms with Gasteiger partial charge >= 0.3 is 0 Å². The molecule has 3 aromatic rings. The molecular formula is C17H18N6. The van der Waals surface area contributed by atoms with Gasteiger partial charge < -0.3 is 16.4 Å². The Bertz CT molecular complexity index is 761. The fraction of sp³-hybridized carbons (Fsp3) is 0.118. The van der Waals surface area contributed by atoms with E-state index in [1.54, 1.807) is 0 Å². The van der Waals surface area contributed by atoms with Crippen molar-refractivity contribution in [3.05, 3.63) is 66.5 Å². The Morgan fingerprint density at radius 3 is 2.09 bits per heavy atom. The molecule has 3 rings (SSSR count). The number of anilines is 4. The topological polar surface area (TPSA) is 88.8 Å². The van der Waals surface area contributed by atoms with Crippen LogP contribution in [0.5, 0.6) is 0 Å². The highest BCUT2D eigenvalue weighted by atomic mass is 15.2. The molecule has 23 heavy (non-hydrogen) atoms. The number of nitrogens with two attached hydrogens (primary N) is 1. The maximum atomic E-state index is 5.81. The summed E-state index contributed by atoms with van der Waals surface area (Å²) in [6, 6.07) is 19.5. The van der Waals surface area contributed by atoms with Crippen molar-refractivity contribution in [2.45, 2.75) is 13.0 Å². The van der Waals surface area contributed by atoms with Gasteiger partial charge in [-0.25, -0.2) is 0 Å². The Hall–Kier alpha value is -3.15. The molecule has 0 bridgehead atoms. The van der Waals surface area contributed by atoms with E-state index in [1.165, 1.54) is 0 Å². The standard InChI is InChI=1S/C17H18N6/c1-12(19-13-8-4-2-5-9-13)15-21-16(18)23-17(22-15)20-14-10-6-3-7-11-14/h2-12,19H,1H3,(H3,18,20,21,22,23). The smallest absolute Gasteiger partial charge is 0.232 e. The van der Waals surface area contributed by atoms with E-state index in [9.17, 15) is 0 Å². The number of hydrogen-bond acceptors (Lipinski definition) is 6. The summed E-state index contributed by atoms with van der Waals surface area (Å²) < 4.78 is 0. The van der Waals surface area contributed by atoms with Crippen LogP contribution in [0.2, 0.25) is 0 Å². The maximum absolute atomic E-state index is 5.81. The van der Waals surface area contributed by atoms with E-state index in [2.05, 4.69) is 25.6 Å². The number of rotatable bonds is 5. The van der Waals surface area contributed by atoms with Gasteiger partial charge in [0, 0.05) is 11.4 Å². The average Bonchev–Trinajstić information content (AvgIpc) is 2.56. The van der Waals surface area contributed by atoms with Gasteiger partial charge in [0.2, 0.25) is 11.9 Å². The first kappa shape index (κ1) is 14.8. The molecule has 0 aliphatic rings. The number of aromatic nitrogens is 3. The van der Waals surface area contributed by atoms with Crippen LogP contribution in [0.3, 0.4) is 0 Å². The fourth-order valence-corrected chi connectivity index (χ4v) is 2.16. The Balaban J connectivity index is 1.79. The van der Waals surface area contributed by atoms with Crippen molar-refractivity contribution < 1.29 is 0 Å². The second kappa shape index (κ2) is 6.74. The molecule has 1 aromatic heterocycles. The summed E-state index contributed by atoms with van der Waals surface area (Å²) in [5.74, 6) is 1.20. The molecule has 0 saturated carbocycles. The van der Waals surface area contributed by atoms with Crippen LogP contribution in [-0.2, 0) is 0 Å². The summed E-state index contributed by atoms with van der Waals surface area (Å²) in [5.41, 5.74) is 7.71. The molecule has 6 heteroatoms. The predicted octanol–water partition coefficient (Wildman–Crippen LogP) is 3.37. The number of nitrogens with one attached hydrogen (secondary N) is 2. The van der Waals surface area contributed by atoms with Crippen molar-refractivity contribution >= 4 is 23.3 Å². The number of benzene rings is 2. The van der Waals surface area contributed by atoms with Gasteiger partial charge in [-0.1, -0.05) is 36.4 Å². The third-order valence-corrected chi connectivity index (χ3v) is 3.24. The first-order chi connectivity index (χ1) is 11.2. The quantitative estimate of drug-likeness (QED) is 0.669. The minimum atomic E-state index is -0.0981. The fourth-order valence-electron chi connectivity index (χ4n) is 2.16. The molecule has 0 saturated heterocycles. The SMILES string of the molecule is CC(Nc1ccccc1)c1nc(N)nc(Nc2ccccc2)n1. The number of nitrogens with zero attached hydrogens (tertiary/aromatic N) is 3. The molecule has 4 N–H and O–H groups in total. The largest absolute Gasteiger partial charge is 0.375 e. The normalized spacial score (nSPS) is 11.7. The zero-order valence-electron chi connectivity index (χ0n) is 12.8. The Labute approximate surface area is 134 Å². The minimum Gasteiger partial charge on any atom is -0.375 e. The first-order valence-corrected chi connectivity index (χ1v) is 7.36. The van der Waals surface area contributed by atoms with Gasteiger partial charge in [0.1, 0.15) is 0 Å². The number of para-hydroxylation sites is 2. The summed E-state index contributed by atoms with van der Waals surface area (Å²) in [6.45, 7) is 1.98. The van der Waals surface area contributed by atoms with Crippen molar-refractivity contribution in [3.8, 4) is 0 Å². The summed E-state index contributed by atoms with van der Waals surface area (Å²) in [4.78, 5) is 12.8. The minimum absolute atomic E-state index is 0.0981. The van der Waals surface area contributed by atoms with Gasteiger partial charge in [0.25, 0.3) is 0 Å². The van der Waals surface area contributed by atoms with E-state index < -0.39 is 0 Å². The van der Waals surface area contributed by atoms with E-state index in [0.29, 0.717) is 11.8 Å². The number of hydrogen-bond donors (Lipinski definition) is 3. The van der Waals surface area contributed by atoms with E-state index in [-0.39, 0.29) is 12.0 Å². The molecule has 0 radical (unpaired) electrons. The van der Waals surface area contributed by atoms with Crippen LogP contribution in [0.4, 0.5) is 23.3 Å². The lowest BCUT2D eigenvalue weighted by atomic mass is 10.2. The van der Waals surface area contributed by atoms with Crippen LogP contribution < -0.4 is 16.4 Å². The zero-order valence-corrected chi connectivity index (χ0v) is 12.8. The van der Waals surface area contributed by atoms with Crippen molar-refractivity contribution in [1.29, 1.82) is 0 Å². The second-order valence-corrected chi connectivity index (χ2v) is 5.10. The summed E-state index contributed by atoms with van der Waals surface area (Å²) in [6.07, 6.45) is 0. The maximum Gasteiger partial charge on any atom is 0.232 e. The van der Waals surface area contributed by atoms with E-state index in [4.69, 9.17) is 5.73 Å². The molecule has 0 fully saturated rings. The first-order valence-electron chi connectivity index (χ1n) is 7.36. The zero-order chi connectivity index (χ0) is 16.1. The van der Waals surface area contributed by atoms with E-state index >= 15 is 0 Å². The monoisotopic (exact) mass is 306 g/mol. The Kier molecular flexibility index (Phi) is 4.33. The van der Waals surface area contributed by atoms with Crippen LogP contribution in [0.15, 0.2) is 60.7 Å². The highest BCUT2D eigenvalue weighted by molar-refractivity contribution is 5.53. The number of nitrogen functional groups attached to an aromatic ring is 1. The molecule has 0 amide bonds. The lowest BCUT2D eigenvalue weighted by Crippen LogP contribution is -2.14. The average molecular weight is 306 g/mol. The highest BCUT2D eigenvalue weighted by Gasteiger charge is 2.12. The van der Waals surface area contributed by atoms with Gasteiger partial charge in [0.05, 0.1) is 6.04 Å². The van der Waals surface area contributed by atoms with Gasteiger partial charge in [-0.15, -0.1) is 0 Å². The van der Waals surface area contributed by atoms with Crippen LogP contribution in [0, 0.1) is 0 Å². The van der Waals surface area contributed by atoms with Crippen LogP contribution in [0.25, 0.3) is 0 Å². The predicted molar refractivity (Wildman–Crippen MR) is 92.4 cm³/mol. The molecule has 0 aliphatic heterocycles. The van der Waals surface area contributed by atoms with Gasteiger partial charge in [-0.05, 0) is 31.2 Å². The summed E-state index contributed by atoms with van der Waals surface area (Å²) in [5, 5.41) is 6.47. The third kappa shape index (κ3) is 3.94. The van der Waals surface area contributed by atoms with Crippen LogP contribution in [0.1, 0.15) is 18.8 Å². The molecular weight excluding hydrogens is 288 g/mol. The van der Waals surface area contributed by atoms with Crippen molar-refractivity contribution in [2.75, 3.05) is 16.4 Å². The highest BCUT2D eigenvalue weighted by Crippen LogP contribution is 2.19.